The minimum absolute atomic E-state index is 0.116. The Kier molecular flexibility index (Phi) is 15.4. The molecule has 0 aliphatic heterocycles. The fourth-order valence-electron chi connectivity index (χ4n) is 4.86. The molecule has 3 aromatic carbocycles. The molecule has 0 aliphatic rings. The molecule has 0 atom stereocenters. The quantitative estimate of drug-likeness (QED) is 0.147. The second-order valence-electron chi connectivity index (χ2n) is 14.7. The van der Waals surface area contributed by atoms with Crippen molar-refractivity contribution in [2.24, 2.45) is 0 Å². The average Bonchev–Trinajstić information content (AvgIpc) is 2.82. The maximum atomic E-state index is 12.8. The summed E-state index contributed by atoms with van der Waals surface area (Å²) in [5.41, 5.74) is 10.3. The monoisotopic (exact) mass is 781 g/mol. The van der Waals surface area contributed by atoms with E-state index in [1.165, 1.54) is 57.0 Å². The first-order valence-electron chi connectivity index (χ1n) is 14.7. The van der Waals surface area contributed by atoms with Crippen LogP contribution in [0, 0.1) is 41.5 Å². The Morgan fingerprint density at radius 2 is 0.667 bits per heavy atom. The Morgan fingerprint density at radius 3 is 0.844 bits per heavy atom. The first kappa shape index (κ1) is 42.1. The number of hydrogen-bond acceptors (Lipinski definition) is 2. The van der Waals surface area contributed by atoms with E-state index >= 15 is 0 Å². The van der Waals surface area contributed by atoms with Gasteiger partial charge < -0.3 is 0 Å². The van der Waals surface area contributed by atoms with Crippen LogP contribution in [0.3, 0.4) is 0 Å². The Labute approximate surface area is 290 Å². The van der Waals surface area contributed by atoms with Gasteiger partial charge in [0.15, 0.2) is 0 Å². The van der Waals surface area contributed by atoms with Crippen molar-refractivity contribution in [1.29, 1.82) is 0 Å². The summed E-state index contributed by atoms with van der Waals surface area (Å²) in [5, 5.41) is 0. The summed E-state index contributed by atoms with van der Waals surface area (Å²) in [4.78, 5) is 2.39. The van der Waals surface area contributed by atoms with Crippen LogP contribution in [-0.4, -0.2) is 0 Å². The summed E-state index contributed by atoms with van der Waals surface area (Å²) in [5.74, 6) is 0. The predicted molar refractivity (Wildman–Crippen MR) is 187 cm³/mol. The normalized spacial score (nSPS) is 12.7. The molecule has 0 nitrogen and oxygen atoms in total. The zero-order chi connectivity index (χ0) is 35.3. The van der Waals surface area contributed by atoms with Crippen molar-refractivity contribution in [3.8, 4) is 0 Å². The van der Waals surface area contributed by atoms with Gasteiger partial charge in [-0.3, -0.25) is 0 Å². The van der Waals surface area contributed by atoms with Crippen molar-refractivity contribution in [2.45, 2.75) is 135 Å². The molecule has 0 aliphatic carbocycles. The summed E-state index contributed by atoms with van der Waals surface area (Å²) in [6.45, 7) is 31.8. The van der Waals surface area contributed by atoms with Gasteiger partial charge >= 0.3 is 26.9 Å². The second kappa shape index (κ2) is 16.5. The van der Waals surface area contributed by atoms with E-state index in [1.807, 2.05) is 42.4 Å². The van der Waals surface area contributed by atoms with Crippen LogP contribution in [0.1, 0.15) is 112 Å². The number of hydrogen-bond donors (Lipinski definition) is 0. The first-order valence-corrected chi connectivity index (χ1v) is 19.3. The topological polar surface area (TPSA) is 0 Å². The summed E-state index contributed by atoms with van der Waals surface area (Å²) in [6.07, 6.45) is 0. The van der Waals surface area contributed by atoms with Crippen LogP contribution in [0.15, 0.2) is 51.1 Å². The third-order valence-electron chi connectivity index (χ3n) is 7.42. The standard InChI is InChI=1S/C24H34S2.C12H17F3S.Ag.2FH/c1-15-11-19(23(5,6)7)12-16(2)21(15)25-26-22-17(3)13-20(14-18(22)4)24(8,9)10;1-8-6-10(12(3,4)5)7-9(2)11(8)16(13,14)15;;;/h11-14H,1-10H3;6-7H,1-5H3;;2*1H/q;;+2;;/p-2. The zero-order valence-electron chi connectivity index (χ0n) is 29.4. The van der Waals surface area contributed by atoms with E-state index in [4.69, 9.17) is 0 Å². The molecule has 3 rings (SSSR count). The molecule has 3 aromatic rings. The summed E-state index contributed by atoms with van der Waals surface area (Å²) >= 11 is -7.06. The Hall–Kier alpha value is -0.900. The molecule has 0 aromatic heterocycles. The zero-order valence-corrected chi connectivity index (χ0v) is 33.3. The van der Waals surface area contributed by atoms with E-state index < -0.39 is 36.9 Å². The van der Waals surface area contributed by atoms with Crippen LogP contribution in [-0.2, 0) is 37.1 Å². The third-order valence-corrected chi connectivity index (χ3v) is 11.5. The Balaban J connectivity index is 0.000000455. The Morgan fingerprint density at radius 1 is 0.467 bits per heavy atom. The molecule has 0 heterocycles. The molecule has 9 heteroatoms. The van der Waals surface area contributed by atoms with E-state index in [9.17, 15) is 17.7 Å². The van der Waals surface area contributed by atoms with Crippen molar-refractivity contribution in [3.63, 3.8) is 0 Å². The van der Waals surface area contributed by atoms with E-state index in [-0.39, 0.29) is 16.2 Å². The van der Waals surface area contributed by atoms with Crippen molar-refractivity contribution in [2.75, 3.05) is 0 Å². The van der Waals surface area contributed by atoms with Crippen molar-refractivity contribution in [1.82, 2.24) is 0 Å². The van der Waals surface area contributed by atoms with Crippen molar-refractivity contribution in [3.05, 3.63) is 86.5 Å². The number of aryl methyl sites for hydroxylation is 6. The fourth-order valence-corrected chi connectivity index (χ4v) is 8.71. The van der Waals surface area contributed by atoms with Crippen LogP contribution in [0.4, 0.5) is 17.7 Å². The van der Waals surface area contributed by atoms with Gasteiger partial charge in [-0.1, -0.05) is 120 Å². The number of benzene rings is 3. The molecule has 0 radical (unpaired) electrons. The van der Waals surface area contributed by atoms with Crippen LogP contribution >= 0.6 is 32.8 Å². The first-order chi connectivity index (χ1) is 20.2. The molecular weight excluding hydrogens is 731 g/mol. The van der Waals surface area contributed by atoms with Crippen LogP contribution in [0.2, 0.25) is 0 Å². The molecular formula is C36H51AgF5S3. The van der Waals surface area contributed by atoms with Crippen LogP contribution < -0.4 is 0 Å². The van der Waals surface area contributed by atoms with Gasteiger partial charge in [0.05, 0.1) is 4.90 Å². The van der Waals surface area contributed by atoms with Gasteiger partial charge in [0, 0.05) is 9.79 Å². The van der Waals surface area contributed by atoms with Gasteiger partial charge in [0.25, 0.3) is 0 Å². The molecule has 0 amide bonds. The van der Waals surface area contributed by atoms with Gasteiger partial charge in [-0.15, -0.1) is 11.7 Å². The molecule has 0 spiro atoms. The van der Waals surface area contributed by atoms with Gasteiger partial charge in [0.2, 0.25) is 11.2 Å². The number of halogens is 5. The maximum absolute atomic E-state index is 12.8. The molecule has 0 fully saturated rings. The van der Waals surface area contributed by atoms with Gasteiger partial charge in [-0.25, -0.2) is 0 Å². The van der Waals surface area contributed by atoms with Gasteiger partial charge in [0.1, 0.15) is 0 Å². The molecule has 0 saturated heterocycles. The van der Waals surface area contributed by atoms with E-state index in [2.05, 4.69) is 93.5 Å². The van der Waals surface area contributed by atoms with Gasteiger partial charge in [-0.05, 0) is 108 Å². The summed E-state index contributed by atoms with van der Waals surface area (Å²) in [7, 11) is 3.81. The molecule has 0 N–H and O–H groups in total. The fraction of sp³-hybridized carbons (Fsp3) is 0.500. The van der Waals surface area contributed by atoms with E-state index in [1.54, 1.807) is 12.1 Å². The molecule has 0 saturated carbocycles. The van der Waals surface area contributed by atoms with Crippen molar-refractivity contribution >= 4 is 32.8 Å². The Bertz CT molecular complexity index is 1300. The molecule has 0 unspecified atom stereocenters. The average molecular weight is 783 g/mol. The van der Waals surface area contributed by atoms with E-state index in [0.29, 0.717) is 11.1 Å². The summed E-state index contributed by atoms with van der Waals surface area (Å²) < 4.78 is 57.8. The van der Waals surface area contributed by atoms with E-state index in [0.717, 1.165) is 5.56 Å². The predicted octanol–water partition coefficient (Wildman–Crippen LogP) is 14.6. The number of rotatable bonds is 4. The van der Waals surface area contributed by atoms with Crippen LogP contribution in [0.25, 0.3) is 0 Å². The van der Waals surface area contributed by atoms with Gasteiger partial charge in [-0.2, -0.15) is 0 Å². The third kappa shape index (κ3) is 12.6. The molecule has 259 valence electrons. The molecule has 45 heavy (non-hydrogen) atoms. The van der Waals surface area contributed by atoms with Crippen LogP contribution in [0.5, 0.6) is 0 Å². The second-order valence-corrected chi connectivity index (χ2v) is 18.3. The minimum atomic E-state index is -5.13. The summed E-state index contributed by atoms with van der Waals surface area (Å²) in [6, 6.07) is 12.7. The molecule has 0 bridgehead atoms. The van der Waals surface area contributed by atoms with Crippen molar-refractivity contribution < 1.29 is 38.6 Å². The SMILES string of the molecule is Cc1cc(C(C)(C)C)cc(C)c1S(F)(F)F.Cc1cc(C(C)(C)C)cc(C)c1SSc1c(C)cc(C(C)(C)C)cc1C.[F][Ag][F].